The van der Waals surface area contributed by atoms with Gasteiger partial charge in [0.25, 0.3) is 5.91 Å². The molecule has 1 N–H and O–H groups in total. The molecular formula is C22H18N2O3. The molecular weight excluding hydrogens is 340 g/mol. The number of amides is 1. The minimum Gasteiger partial charge on any atom is -0.497 e. The Bertz CT molecular complexity index is 1000. The van der Waals surface area contributed by atoms with E-state index in [2.05, 4.69) is 22.1 Å². The van der Waals surface area contributed by atoms with Gasteiger partial charge in [-0.05, 0) is 48.4 Å². The lowest BCUT2D eigenvalue weighted by Gasteiger charge is -2.11. The maximum Gasteiger partial charge on any atom is 0.259 e. The van der Waals surface area contributed by atoms with Crippen LogP contribution in [0.25, 0.3) is 0 Å². The molecule has 3 aromatic rings. The standard InChI is InChI=1S/C22H18N2O3/c1-26-19-11-12-20(21(15-19)27-2)22(25)24-18-8-5-6-16(14-18)9-10-17-7-3-4-13-23-17/h3-8,11-15H,1-2H3,(H,24,25). The Balaban J connectivity index is 1.79. The summed E-state index contributed by atoms with van der Waals surface area (Å²) in [6.45, 7) is 0. The molecule has 0 saturated heterocycles. The van der Waals surface area contributed by atoms with Crippen molar-refractivity contribution in [3.63, 3.8) is 0 Å². The quantitative estimate of drug-likeness (QED) is 0.722. The van der Waals surface area contributed by atoms with Gasteiger partial charge in [-0.25, -0.2) is 4.98 Å². The Morgan fingerprint density at radius 3 is 2.59 bits per heavy atom. The number of benzene rings is 2. The topological polar surface area (TPSA) is 60.5 Å². The number of methoxy groups -OCH3 is 2. The van der Waals surface area contributed by atoms with Gasteiger partial charge in [0.15, 0.2) is 0 Å². The average Bonchev–Trinajstić information content (AvgIpc) is 2.72. The van der Waals surface area contributed by atoms with E-state index in [9.17, 15) is 4.79 Å². The van der Waals surface area contributed by atoms with Crippen molar-refractivity contribution < 1.29 is 14.3 Å². The number of carbonyl (C=O) groups is 1. The van der Waals surface area contributed by atoms with Gasteiger partial charge < -0.3 is 14.8 Å². The van der Waals surface area contributed by atoms with Crippen LogP contribution in [0.1, 0.15) is 21.6 Å². The molecule has 134 valence electrons. The van der Waals surface area contributed by atoms with Crippen LogP contribution in [0.5, 0.6) is 11.5 Å². The van der Waals surface area contributed by atoms with E-state index in [1.165, 1.54) is 7.11 Å². The van der Waals surface area contributed by atoms with E-state index in [-0.39, 0.29) is 5.91 Å². The smallest absolute Gasteiger partial charge is 0.259 e. The van der Waals surface area contributed by atoms with Crippen LogP contribution in [0, 0.1) is 11.8 Å². The first-order chi connectivity index (χ1) is 13.2. The first-order valence-corrected chi connectivity index (χ1v) is 8.26. The van der Waals surface area contributed by atoms with Crippen LogP contribution in [-0.4, -0.2) is 25.1 Å². The number of rotatable bonds is 4. The van der Waals surface area contributed by atoms with E-state index in [0.717, 1.165) is 5.56 Å². The fraction of sp³-hybridized carbons (Fsp3) is 0.0909. The van der Waals surface area contributed by atoms with Crippen LogP contribution in [0.4, 0.5) is 5.69 Å². The first-order valence-electron chi connectivity index (χ1n) is 8.26. The van der Waals surface area contributed by atoms with Crippen molar-refractivity contribution in [2.75, 3.05) is 19.5 Å². The Hall–Kier alpha value is -3.78. The van der Waals surface area contributed by atoms with Gasteiger partial charge in [-0.15, -0.1) is 0 Å². The number of nitrogens with one attached hydrogen (secondary N) is 1. The van der Waals surface area contributed by atoms with Gasteiger partial charge in [-0.1, -0.05) is 18.1 Å². The summed E-state index contributed by atoms with van der Waals surface area (Å²) in [5, 5.41) is 2.87. The summed E-state index contributed by atoms with van der Waals surface area (Å²) < 4.78 is 10.4. The van der Waals surface area contributed by atoms with Crippen molar-refractivity contribution in [3.8, 4) is 23.3 Å². The summed E-state index contributed by atoms with van der Waals surface area (Å²) in [6.07, 6.45) is 1.70. The number of nitrogens with zero attached hydrogens (tertiary/aromatic N) is 1. The van der Waals surface area contributed by atoms with E-state index in [1.54, 1.807) is 37.6 Å². The third-order valence-electron chi connectivity index (χ3n) is 3.77. The van der Waals surface area contributed by atoms with Gasteiger partial charge in [0.2, 0.25) is 0 Å². The number of carbonyl (C=O) groups excluding carboxylic acids is 1. The van der Waals surface area contributed by atoms with E-state index >= 15 is 0 Å². The second kappa shape index (κ2) is 8.54. The average molecular weight is 358 g/mol. The van der Waals surface area contributed by atoms with E-state index in [0.29, 0.717) is 28.4 Å². The minimum atomic E-state index is -0.274. The van der Waals surface area contributed by atoms with Crippen molar-refractivity contribution in [1.29, 1.82) is 0 Å². The van der Waals surface area contributed by atoms with Crippen LogP contribution >= 0.6 is 0 Å². The zero-order valence-corrected chi connectivity index (χ0v) is 15.0. The lowest BCUT2D eigenvalue weighted by molar-refractivity contribution is 0.102. The Kier molecular flexibility index (Phi) is 5.70. The molecule has 2 aromatic carbocycles. The maximum absolute atomic E-state index is 12.6. The number of anilines is 1. The normalized spacial score (nSPS) is 9.70. The SMILES string of the molecule is COc1ccc(C(=O)Nc2cccc(C#Cc3ccccn3)c2)c(OC)c1. The highest BCUT2D eigenvalue weighted by molar-refractivity contribution is 6.06. The highest BCUT2D eigenvalue weighted by atomic mass is 16.5. The summed E-state index contributed by atoms with van der Waals surface area (Å²) in [7, 11) is 3.07. The molecule has 0 aliphatic heterocycles. The van der Waals surface area contributed by atoms with Gasteiger partial charge >= 0.3 is 0 Å². The zero-order valence-electron chi connectivity index (χ0n) is 15.0. The van der Waals surface area contributed by atoms with Gasteiger partial charge in [0.1, 0.15) is 17.2 Å². The second-order valence-electron chi connectivity index (χ2n) is 5.57. The van der Waals surface area contributed by atoms with Crippen molar-refractivity contribution in [2.24, 2.45) is 0 Å². The lowest BCUT2D eigenvalue weighted by atomic mass is 10.1. The monoisotopic (exact) mass is 358 g/mol. The predicted molar refractivity (Wildman–Crippen MR) is 104 cm³/mol. The number of pyridine rings is 1. The molecule has 1 aromatic heterocycles. The molecule has 3 rings (SSSR count). The molecule has 1 amide bonds. The fourth-order valence-corrected chi connectivity index (χ4v) is 2.43. The van der Waals surface area contributed by atoms with E-state index < -0.39 is 0 Å². The number of hydrogen-bond acceptors (Lipinski definition) is 4. The lowest BCUT2D eigenvalue weighted by Crippen LogP contribution is -2.13. The number of hydrogen-bond donors (Lipinski definition) is 1. The molecule has 5 nitrogen and oxygen atoms in total. The molecule has 0 aliphatic rings. The molecule has 0 spiro atoms. The largest absolute Gasteiger partial charge is 0.497 e. The van der Waals surface area contributed by atoms with Crippen molar-refractivity contribution >= 4 is 11.6 Å². The Morgan fingerprint density at radius 1 is 0.963 bits per heavy atom. The van der Waals surface area contributed by atoms with Gasteiger partial charge in [0, 0.05) is 23.5 Å². The zero-order chi connectivity index (χ0) is 19.1. The summed E-state index contributed by atoms with van der Waals surface area (Å²) in [6, 6.07) is 17.9. The first kappa shape index (κ1) is 18.0. The second-order valence-corrected chi connectivity index (χ2v) is 5.57. The van der Waals surface area contributed by atoms with Crippen LogP contribution in [-0.2, 0) is 0 Å². The van der Waals surface area contributed by atoms with Crippen molar-refractivity contribution in [2.45, 2.75) is 0 Å². The van der Waals surface area contributed by atoms with Crippen LogP contribution in [0.3, 0.4) is 0 Å². The fourth-order valence-electron chi connectivity index (χ4n) is 2.43. The van der Waals surface area contributed by atoms with Gasteiger partial charge in [0.05, 0.1) is 19.8 Å². The molecule has 1 heterocycles. The summed E-state index contributed by atoms with van der Waals surface area (Å²) >= 11 is 0. The highest BCUT2D eigenvalue weighted by Crippen LogP contribution is 2.25. The molecule has 0 unspecified atom stereocenters. The molecule has 0 saturated carbocycles. The third-order valence-corrected chi connectivity index (χ3v) is 3.77. The Morgan fingerprint density at radius 2 is 1.85 bits per heavy atom. The summed E-state index contributed by atoms with van der Waals surface area (Å²) in [5.74, 6) is 6.83. The molecule has 0 bridgehead atoms. The number of aromatic nitrogens is 1. The van der Waals surface area contributed by atoms with E-state index in [1.807, 2.05) is 36.4 Å². The summed E-state index contributed by atoms with van der Waals surface area (Å²) in [4.78, 5) is 16.8. The molecule has 5 heteroatoms. The maximum atomic E-state index is 12.6. The summed E-state index contributed by atoms with van der Waals surface area (Å²) in [5.41, 5.74) is 2.53. The molecule has 0 atom stereocenters. The minimum absolute atomic E-state index is 0.274. The molecule has 0 fully saturated rings. The van der Waals surface area contributed by atoms with Gasteiger partial charge in [-0.2, -0.15) is 0 Å². The van der Waals surface area contributed by atoms with Crippen molar-refractivity contribution in [1.82, 2.24) is 4.98 Å². The molecule has 0 radical (unpaired) electrons. The molecule has 0 aliphatic carbocycles. The van der Waals surface area contributed by atoms with E-state index in [4.69, 9.17) is 9.47 Å². The number of ether oxygens (including phenoxy) is 2. The van der Waals surface area contributed by atoms with Crippen LogP contribution < -0.4 is 14.8 Å². The van der Waals surface area contributed by atoms with Crippen LogP contribution in [0.2, 0.25) is 0 Å². The highest BCUT2D eigenvalue weighted by Gasteiger charge is 2.13. The molecule has 27 heavy (non-hydrogen) atoms. The van der Waals surface area contributed by atoms with Crippen molar-refractivity contribution in [3.05, 3.63) is 83.7 Å². The van der Waals surface area contributed by atoms with Crippen LogP contribution in [0.15, 0.2) is 66.9 Å². The van der Waals surface area contributed by atoms with Gasteiger partial charge in [-0.3, -0.25) is 4.79 Å². The third kappa shape index (κ3) is 4.65. The predicted octanol–water partition coefficient (Wildman–Crippen LogP) is 3.75. The Labute approximate surface area is 158 Å².